The number of aryl methyl sites for hydroxylation is 1. The second-order valence-corrected chi connectivity index (χ2v) is 3.74. The molecule has 0 aromatic carbocycles. The Labute approximate surface area is 82.5 Å². The van der Waals surface area contributed by atoms with Gasteiger partial charge in [0.05, 0.1) is 12.7 Å². The van der Waals surface area contributed by atoms with Crippen LogP contribution in [0.15, 0.2) is 6.20 Å². The Morgan fingerprint density at radius 1 is 1.71 bits per heavy atom. The van der Waals surface area contributed by atoms with E-state index in [1.807, 2.05) is 0 Å². The van der Waals surface area contributed by atoms with E-state index in [-0.39, 0.29) is 5.78 Å². The van der Waals surface area contributed by atoms with Crippen molar-refractivity contribution in [1.82, 2.24) is 20.3 Å². The molecule has 14 heavy (non-hydrogen) atoms. The van der Waals surface area contributed by atoms with E-state index in [1.54, 1.807) is 7.05 Å². The molecule has 0 unspecified atom stereocenters. The van der Waals surface area contributed by atoms with Crippen LogP contribution < -0.4 is 5.32 Å². The Hall–Kier alpha value is -1.23. The summed E-state index contributed by atoms with van der Waals surface area (Å²) in [7, 11) is 1.72. The molecule has 1 aliphatic rings. The molecule has 2 rings (SSSR count). The fourth-order valence-electron chi connectivity index (χ4n) is 1.34. The number of nitrogens with one attached hydrogen (secondary N) is 1. The van der Waals surface area contributed by atoms with Gasteiger partial charge in [0.2, 0.25) is 0 Å². The Morgan fingerprint density at radius 3 is 3.07 bits per heavy atom. The number of hydrogen-bond donors (Lipinski definition) is 1. The predicted molar refractivity (Wildman–Crippen MR) is 50.9 cm³/mol. The zero-order valence-corrected chi connectivity index (χ0v) is 8.23. The van der Waals surface area contributed by atoms with E-state index in [0.29, 0.717) is 12.2 Å². The van der Waals surface area contributed by atoms with Gasteiger partial charge in [-0.15, -0.1) is 5.10 Å². The predicted octanol–water partition coefficient (Wildman–Crippen LogP) is -0.00260. The van der Waals surface area contributed by atoms with Crippen LogP contribution in [-0.2, 0) is 7.05 Å². The van der Waals surface area contributed by atoms with Gasteiger partial charge in [-0.1, -0.05) is 5.21 Å². The van der Waals surface area contributed by atoms with Crippen molar-refractivity contribution in [2.75, 3.05) is 13.1 Å². The molecule has 0 aliphatic heterocycles. The Kier molecular flexibility index (Phi) is 2.58. The SMILES string of the molecule is Cn1nncc1C(=O)CNCC1CC1. The summed E-state index contributed by atoms with van der Waals surface area (Å²) in [5.74, 6) is 0.852. The summed E-state index contributed by atoms with van der Waals surface area (Å²) in [6.07, 6.45) is 4.10. The van der Waals surface area contributed by atoms with Crippen molar-refractivity contribution in [2.45, 2.75) is 12.8 Å². The third kappa shape index (κ3) is 2.17. The first-order valence-electron chi connectivity index (χ1n) is 4.86. The summed E-state index contributed by atoms with van der Waals surface area (Å²) in [5.41, 5.74) is 0.563. The molecular weight excluding hydrogens is 180 g/mol. The molecule has 0 bridgehead atoms. The lowest BCUT2D eigenvalue weighted by molar-refractivity contribution is 0.0982. The number of hydrogen-bond acceptors (Lipinski definition) is 4. The summed E-state index contributed by atoms with van der Waals surface area (Å²) in [6, 6.07) is 0. The van der Waals surface area contributed by atoms with Crippen LogP contribution in [-0.4, -0.2) is 33.9 Å². The van der Waals surface area contributed by atoms with Gasteiger partial charge in [0.25, 0.3) is 0 Å². The molecule has 1 N–H and O–H groups in total. The van der Waals surface area contributed by atoms with E-state index in [9.17, 15) is 4.79 Å². The quantitative estimate of drug-likeness (QED) is 0.670. The van der Waals surface area contributed by atoms with Crippen molar-refractivity contribution in [3.63, 3.8) is 0 Å². The molecular formula is C9H14N4O. The average Bonchev–Trinajstić information content (AvgIpc) is 2.87. The summed E-state index contributed by atoms with van der Waals surface area (Å²) in [4.78, 5) is 11.6. The lowest BCUT2D eigenvalue weighted by Gasteiger charge is -2.01. The third-order valence-corrected chi connectivity index (χ3v) is 2.42. The first-order valence-corrected chi connectivity index (χ1v) is 4.86. The second kappa shape index (κ2) is 3.88. The summed E-state index contributed by atoms with van der Waals surface area (Å²) in [6.45, 7) is 1.34. The van der Waals surface area contributed by atoms with Crippen LogP contribution in [0.2, 0.25) is 0 Å². The largest absolute Gasteiger partial charge is 0.309 e. The molecule has 5 nitrogen and oxygen atoms in total. The highest BCUT2D eigenvalue weighted by Gasteiger charge is 2.21. The average molecular weight is 194 g/mol. The Balaban J connectivity index is 1.79. The lowest BCUT2D eigenvalue weighted by Crippen LogP contribution is -2.26. The van der Waals surface area contributed by atoms with Crippen molar-refractivity contribution in [2.24, 2.45) is 13.0 Å². The van der Waals surface area contributed by atoms with Crippen LogP contribution >= 0.6 is 0 Å². The molecule has 76 valence electrons. The van der Waals surface area contributed by atoms with Crippen LogP contribution in [0.5, 0.6) is 0 Å². The summed E-state index contributed by atoms with van der Waals surface area (Å²) >= 11 is 0. The fraction of sp³-hybridized carbons (Fsp3) is 0.667. The van der Waals surface area contributed by atoms with Crippen LogP contribution in [0.25, 0.3) is 0 Å². The number of carbonyl (C=O) groups excluding carboxylic acids is 1. The molecule has 1 aromatic heterocycles. The summed E-state index contributed by atoms with van der Waals surface area (Å²) < 4.78 is 1.50. The molecule has 0 atom stereocenters. The molecule has 0 amide bonds. The molecule has 0 radical (unpaired) electrons. The van der Waals surface area contributed by atoms with E-state index in [1.165, 1.54) is 23.7 Å². The van der Waals surface area contributed by atoms with E-state index >= 15 is 0 Å². The highest BCUT2D eigenvalue weighted by Crippen LogP contribution is 2.27. The topological polar surface area (TPSA) is 59.8 Å². The van der Waals surface area contributed by atoms with Gasteiger partial charge in [-0.2, -0.15) is 0 Å². The van der Waals surface area contributed by atoms with Crippen LogP contribution in [0.4, 0.5) is 0 Å². The van der Waals surface area contributed by atoms with Gasteiger partial charge in [0, 0.05) is 7.05 Å². The van der Waals surface area contributed by atoms with Crippen molar-refractivity contribution in [1.29, 1.82) is 0 Å². The minimum absolute atomic E-state index is 0.0538. The number of carbonyl (C=O) groups is 1. The maximum Gasteiger partial charge on any atom is 0.196 e. The minimum Gasteiger partial charge on any atom is -0.309 e. The van der Waals surface area contributed by atoms with Crippen molar-refractivity contribution < 1.29 is 4.79 Å². The van der Waals surface area contributed by atoms with E-state index < -0.39 is 0 Å². The number of ketones is 1. The fourth-order valence-corrected chi connectivity index (χ4v) is 1.34. The highest BCUT2D eigenvalue weighted by atomic mass is 16.1. The van der Waals surface area contributed by atoms with Gasteiger partial charge in [-0.25, -0.2) is 4.68 Å². The van der Waals surface area contributed by atoms with Crippen LogP contribution in [0.1, 0.15) is 23.3 Å². The van der Waals surface area contributed by atoms with Gasteiger partial charge >= 0.3 is 0 Å². The van der Waals surface area contributed by atoms with Crippen molar-refractivity contribution in [3.8, 4) is 0 Å². The number of nitrogens with zero attached hydrogens (tertiary/aromatic N) is 3. The molecule has 1 fully saturated rings. The maximum absolute atomic E-state index is 11.6. The van der Waals surface area contributed by atoms with Gasteiger partial charge in [0.1, 0.15) is 5.69 Å². The van der Waals surface area contributed by atoms with Gasteiger partial charge in [0.15, 0.2) is 5.78 Å². The molecule has 0 spiro atoms. The van der Waals surface area contributed by atoms with Gasteiger partial charge < -0.3 is 5.32 Å². The molecule has 1 aliphatic carbocycles. The van der Waals surface area contributed by atoms with Crippen LogP contribution in [0.3, 0.4) is 0 Å². The normalized spacial score (nSPS) is 15.8. The summed E-state index contributed by atoms with van der Waals surface area (Å²) in [5, 5.41) is 10.5. The molecule has 1 heterocycles. The minimum atomic E-state index is 0.0538. The number of Topliss-reactive ketones (excluding diaryl/α,β-unsaturated/α-hetero) is 1. The standard InChI is InChI=1S/C9H14N4O/c1-13-8(5-11-12-13)9(14)6-10-4-7-2-3-7/h5,7,10H,2-4,6H2,1H3. The number of aromatic nitrogens is 3. The Morgan fingerprint density at radius 2 is 2.50 bits per heavy atom. The second-order valence-electron chi connectivity index (χ2n) is 3.74. The maximum atomic E-state index is 11.6. The Bertz CT molecular complexity index is 329. The van der Waals surface area contributed by atoms with E-state index in [0.717, 1.165) is 12.5 Å². The lowest BCUT2D eigenvalue weighted by atomic mass is 10.3. The molecule has 0 saturated heterocycles. The zero-order chi connectivity index (χ0) is 9.97. The highest BCUT2D eigenvalue weighted by molar-refractivity contribution is 5.95. The van der Waals surface area contributed by atoms with E-state index in [2.05, 4.69) is 15.6 Å². The first kappa shape index (κ1) is 9.33. The molecule has 1 saturated carbocycles. The van der Waals surface area contributed by atoms with Gasteiger partial charge in [-0.05, 0) is 25.3 Å². The molecule has 1 aromatic rings. The zero-order valence-electron chi connectivity index (χ0n) is 8.23. The van der Waals surface area contributed by atoms with Crippen molar-refractivity contribution >= 4 is 5.78 Å². The van der Waals surface area contributed by atoms with E-state index in [4.69, 9.17) is 0 Å². The van der Waals surface area contributed by atoms with Crippen molar-refractivity contribution in [3.05, 3.63) is 11.9 Å². The smallest absolute Gasteiger partial charge is 0.196 e. The number of rotatable bonds is 5. The monoisotopic (exact) mass is 194 g/mol. The third-order valence-electron chi connectivity index (χ3n) is 2.42. The van der Waals surface area contributed by atoms with Gasteiger partial charge in [-0.3, -0.25) is 4.79 Å². The van der Waals surface area contributed by atoms with Crippen LogP contribution in [0, 0.1) is 5.92 Å². The first-order chi connectivity index (χ1) is 6.77. The molecule has 5 heteroatoms.